The van der Waals surface area contributed by atoms with Crippen LogP contribution in [0.25, 0.3) is 10.2 Å². The van der Waals surface area contributed by atoms with Gasteiger partial charge in [0.05, 0.1) is 17.3 Å². The summed E-state index contributed by atoms with van der Waals surface area (Å²) in [7, 11) is 1.64. The predicted molar refractivity (Wildman–Crippen MR) is 115 cm³/mol. The molecule has 0 bridgehead atoms. The lowest BCUT2D eigenvalue weighted by Gasteiger charge is -2.13. The molecular formula is C19H17ClN6OS. The van der Waals surface area contributed by atoms with Crippen LogP contribution in [-0.2, 0) is 0 Å². The number of nitrogen functional groups attached to an aromatic ring is 1. The highest BCUT2D eigenvalue weighted by atomic mass is 35.5. The molecule has 28 heavy (non-hydrogen) atoms. The zero-order valence-corrected chi connectivity index (χ0v) is 16.7. The lowest BCUT2D eigenvalue weighted by atomic mass is 10.2. The molecule has 0 spiro atoms. The molecule has 4 aromatic rings. The molecule has 0 aliphatic heterocycles. The Morgan fingerprint density at radius 2 is 1.86 bits per heavy atom. The van der Waals surface area contributed by atoms with E-state index >= 15 is 0 Å². The van der Waals surface area contributed by atoms with E-state index in [0.717, 1.165) is 27.2 Å². The largest absolute Gasteiger partial charge is 0.497 e. The summed E-state index contributed by atoms with van der Waals surface area (Å²) in [6, 6.07) is 11.3. The van der Waals surface area contributed by atoms with E-state index in [1.807, 2.05) is 43.3 Å². The molecule has 0 unspecified atom stereocenters. The number of aromatic nitrogens is 3. The quantitative estimate of drug-likeness (QED) is 0.418. The number of hydrogen-bond acceptors (Lipinski definition) is 8. The third-order valence-corrected chi connectivity index (χ3v) is 5.32. The fourth-order valence-electron chi connectivity index (χ4n) is 2.68. The summed E-state index contributed by atoms with van der Waals surface area (Å²) in [5.41, 5.74) is 9.40. The smallest absolute Gasteiger partial charge is 0.189 e. The van der Waals surface area contributed by atoms with Gasteiger partial charge in [-0.15, -0.1) is 0 Å². The van der Waals surface area contributed by atoms with Crippen LogP contribution >= 0.6 is 22.9 Å². The van der Waals surface area contributed by atoms with Gasteiger partial charge in [0.25, 0.3) is 0 Å². The zero-order chi connectivity index (χ0) is 19.7. The van der Waals surface area contributed by atoms with E-state index in [0.29, 0.717) is 27.5 Å². The van der Waals surface area contributed by atoms with E-state index in [4.69, 9.17) is 22.1 Å². The summed E-state index contributed by atoms with van der Waals surface area (Å²) in [4.78, 5) is 13.1. The first-order valence-electron chi connectivity index (χ1n) is 8.39. The number of anilines is 5. The van der Waals surface area contributed by atoms with Crippen LogP contribution in [0.3, 0.4) is 0 Å². The minimum Gasteiger partial charge on any atom is -0.497 e. The van der Waals surface area contributed by atoms with Crippen LogP contribution < -0.4 is 21.1 Å². The van der Waals surface area contributed by atoms with Gasteiger partial charge in [0.2, 0.25) is 0 Å². The van der Waals surface area contributed by atoms with E-state index in [1.54, 1.807) is 7.11 Å². The molecule has 0 amide bonds. The number of thiazole rings is 1. The van der Waals surface area contributed by atoms with Crippen molar-refractivity contribution in [3.63, 3.8) is 0 Å². The Morgan fingerprint density at radius 3 is 2.61 bits per heavy atom. The fourth-order valence-corrected chi connectivity index (χ4v) is 3.80. The van der Waals surface area contributed by atoms with Gasteiger partial charge >= 0.3 is 0 Å². The molecule has 4 N–H and O–H groups in total. The molecule has 0 atom stereocenters. The molecule has 2 aromatic heterocycles. The second-order valence-corrected chi connectivity index (χ2v) is 7.51. The van der Waals surface area contributed by atoms with Gasteiger partial charge < -0.3 is 21.1 Å². The number of rotatable bonds is 5. The van der Waals surface area contributed by atoms with Crippen molar-refractivity contribution in [1.82, 2.24) is 15.0 Å². The van der Waals surface area contributed by atoms with E-state index in [9.17, 15) is 0 Å². The van der Waals surface area contributed by atoms with Crippen molar-refractivity contribution in [1.29, 1.82) is 0 Å². The van der Waals surface area contributed by atoms with Crippen LogP contribution in [0.5, 0.6) is 5.75 Å². The number of ether oxygens (including phenoxy) is 1. The average molecular weight is 413 g/mol. The Labute approximate surface area is 170 Å². The highest BCUT2D eigenvalue weighted by Gasteiger charge is 2.12. The third-order valence-electron chi connectivity index (χ3n) is 4.15. The van der Waals surface area contributed by atoms with Crippen LogP contribution in [0.4, 0.5) is 28.1 Å². The monoisotopic (exact) mass is 412 g/mol. The van der Waals surface area contributed by atoms with Gasteiger partial charge in [-0.25, -0.2) is 15.0 Å². The van der Waals surface area contributed by atoms with Crippen LogP contribution in [0.1, 0.15) is 5.56 Å². The topological polar surface area (TPSA) is 98.0 Å². The number of nitrogens with two attached hydrogens (primary N) is 1. The predicted octanol–water partition coefficient (Wildman–Crippen LogP) is 5.13. The molecule has 9 heteroatoms. The lowest BCUT2D eigenvalue weighted by Crippen LogP contribution is -2.05. The molecule has 0 saturated carbocycles. The number of methoxy groups -OCH3 is 1. The zero-order valence-electron chi connectivity index (χ0n) is 15.2. The Morgan fingerprint density at radius 1 is 1.07 bits per heavy atom. The van der Waals surface area contributed by atoms with Crippen molar-refractivity contribution in [2.45, 2.75) is 6.92 Å². The molecule has 2 heterocycles. The van der Waals surface area contributed by atoms with Crippen molar-refractivity contribution < 1.29 is 4.74 Å². The van der Waals surface area contributed by atoms with Crippen LogP contribution in [0.2, 0.25) is 5.02 Å². The Balaban J connectivity index is 1.61. The first-order valence-corrected chi connectivity index (χ1v) is 9.58. The van der Waals surface area contributed by atoms with Gasteiger partial charge in [-0.05, 0) is 48.9 Å². The Hall–Kier alpha value is -3.10. The van der Waals surface area contributed by atoms with Gasteiger partial charge in [0.1, 0.15) is 17.8 Å². The molecule has 0 aliphatic carbocycles. The summed E-state index contributed by atoms with van der Waals surface area (Å²) in [5, 5.41) is 7.76. The molecule has 0 fully saturated rings. The Bertz CT molecular complexity index is 1160. The summed E-state index contributed by atoms with van der Waals surface area (Å²) in [6.07, 6.45) is 1.45. The first kappa shape index (κ1) is 18.3. The van der Waals surface area contributed by atoms with E-state index in [1.165, 1.54) is 17.7 Å². The van der Waals surface area contributed by atoms with Crippen LogP contribution in [-0.4, -0.2) is 22.1 Å². The molecule has 7 nitrogen and oxygen atoms in total. The third kappa shape index (κ3) is 3.64. The normalized spacial score (nSPS) is 10.8. The van der Waals surface area contributed by atoms with Crippen LogP contribution in [0, 0.1) is 6.92 Å². The minimum absolute atomic E-state index is 0.397. The number of nitrogens with one attached hydrogen (secondary N) is 2. The van der Waals surface area contributed by atoms with Crippen molar-refractivity contribution in [3.05, 3.63) is 53.3 Å². The SMILES string of the molecule is COc1ccc2nc(Nc3ncnc(Nc4ccc(Cl)cc4C)c3N)sc2c1. The molecule has 4 rings (SSSR count). The van der Waals surface area contributed by atoms with Crippen molar-refractivity contribution >= 4 is 61.3 Å². The van der Waals surface area contributed by atoms with Crippen LogP contribution in [0.15, 0.2) is 42.7 Å². The molecule has 0 aliphatic rings. The minimum atomic E-state index is 0.397. The van der Waals surface area contributed by atoms with Gasteiger partial charge in [0.15, 0.2) is 16.8 Å². The number of nitrogens with zero attached hydrogens (tertiary/aromatic N) is 3. The van der Waals surface area contributed by atoms with Crippen molar-refractivity contribution in [2.24, 2.45) is 0 Å². The van der Waals surface area contributed by atoms with E-state index < -0.39 is 0 Å². The van der Waals surface area contributed by atoms with Gasteiger partial charge in [-0.2, -0.15) is 0 Å². The number of hydrogen-bond donors (Lipinski definition) is 3. The first-order chi connectivity index (χ1) is 13.5. The fraction of sp³-hybridized carbons (Fsp3) is 0.105. The number of halogens is 1. The van der Waals surface area contributed by atoms with Crippen molar-refractivity contribution in [2.75, 3.05) is 23.5 Å². The van der Waals surface area contributed by atoms with Gasteiger partial charge in [-0.1, -0.05) is 22.9 Å². The second kappa shape index (κ2) is 7.49. The average Bonchev–Trinajstić information content (AvgIpc) is 3.08. The second-order valence-electron chi connectivity index (χ2n) is 6.05. The number of aryl methyl sites for hydroxylation is 1. The number of fused-ring (bicyclic) bond motifs is 1. The maximum atomic E-state index is 6.28. The summed E-state index contributed by atoms with van der Waals surface area (Å²) in [5.74, 6) is 1.77. The molecule has 2 aromatic carbocycles. The molecule has 0 saturated heterocycles. The highest BCUT2D eigenvalue weighted by Crippen LogP contribution is 2.34. The maximum absolute atomic E-state index is 6.28. The van der Waals surface area contributed by atoms with Gasteiger partial charge in [-0.3, -0.25) is 0 Å². The summed E-state index contributed by atoms with van der Waals surface area (Å²) < 4.78 is 6.26. The van der Waals surface area contributed by atoms with Gasteiger partial charge in [0, 0.05) is 10.7 Å². The summed E-state index contributed by atoms with van der Waals surface area (Å²) in [6.45, 7) is 1.96. The molecule has 0 radical (unpaired) electrons. The Kier molecular flexibility index (Phi) is 4.89. The molecule has 142 valence electrons. The van der Waals surface area contributed by atoms with Crippen molar-refractivity contribution in [3.8, 4) is 5.75 Å². The summed E-state index contributed by atoms with van der Waals surface area (Å²) >= 11 is 7.51. The number of benzene rings is 2. The molecular weight excluding hydrogens is 396 g/mol. The maximum Gasteiger partial charge on any atom is 0.189 e. The van der Waals surface area contributed by atoms with E-state index in [2.05, 4.69) is 25.6 Å². The lowest BCUT2D eigenvalue weighted by molar-refractivity contribution is 0.415. The van der Waals surface area contributed by atoms with E-state index in [-0.39, 0.29) is 0 Å². The standard InChI is InChI=1S/C19H17ClN6OS/c1-10-7-11(20)3-5-13(10)24-17-16(21)18(23-9-22-17)26-19-25-14-6-4-12(27-2)8-15(14)28-19/h3-9H,21H2,1-2H3,(H2,22,23,24,25,26). The highest BCUT2D eigenvalue weighted by molar-refractivity contribution is 7.22.